The van der Waals surface area contributed by atoms with E-state index >= 15 is 0 Å². The fourth-order valence-electron chi connectivity index (χ4n) is 1.93. The van der Waals surface area contributed by atoms with E-state index in [1.807, 2.05) is 0 Å². The third kappa shape index (κ3) is 3.17. The predicted molar refractivity (Wildman–Crippen MR) is 76.9 cm³/mol. The second kappa shape index (κ2) is 5.88. The second-order valence-corrected chi connectivity index (χ2v) is 4.75. The van der Waals surface area contributed by atoms with Gasteiger partial charge in [0.15, 0.2) is 0 Å². The Morgan fingerprint density at radius 1 is 1.29 bits per heavy atom. The average molecular weight is 290 g/mol. The van der Waals surface area contributed by atoms with E-state index in [4.69, 9.17) is 10.5 Å². The Morgan fingerprint density at radius 3 is 2.57 bits per heavy atom. The summed E-state index contributed by atoms with van der Waals surface area (Å²) in [6.07, 6.45) is 0. The quantitative estimate of drug-likeness (QED) is 0.685. The normalized spacial score (nSPS) is 12.0. The zero-order chi connectivity index (χ0) is 15.6. The van der Waals surface area contributed by atoms with E-state index in [1.165, 1.54) is 24.3 Å². The van der Waals surface area contributed by atoms with Crippen LogP contribution in [-0.4, -0.2) is 4.92 Å². The van der Waals surface area contributed by atoms with Crippen molar-refractivity contribution >= 4 is 5.69 Å². The Labute approximate surface area is 121 Å². The van der Waals surface area contributed by atoms with Crippen molar-refractivity contribution < 1.29 is 14.1 Å². The van der Waals surface area contributed by atoms with Crippen LogP contribution in [0.5, 0.6) is 11.5 Å². The smallest absolute Gasteiger partial charge is 0.311 e. The molecule has 0 aliphatic carbocycles. The number of hydrogen-bond acceptors (Lipinski definition) is 4. The van der Waals surface area contributed by atoms with Gasteiger partial charge in [0.05, 0.1) is 4.92 Å². The molecule has 0 aliphatic heterocycles. The van der Waals surface area contributed by atoms with E-state index in [-0.39, 0.29) is 11.4 Å². The van der Waals surface area contributed by atoms with E-state index in [0.29, 0.717) is 16.9 Å². The first-order valence-electron chi connectivity index (χ1n) is 6.37. The number of rotatable bonds is 4. The molecule has 1 atom stereocenters. The average Bonchev–Trinajstić information content (AvgIpc) is 2.42. The molecule has 0 aromatic heterocycles. The van der Waals surface area contributed by atoms with Crippen LogP contribution in [0.25, 0.3) is 0 Å². The molecule has 110 valence electrons. The third-order valence-electron chi connectivity index (χ3n) is 3.06. The van der Waals surface area contributed by atoms with Crippen molar-refractivity contribution in [1.82, 2.24) is 0 Å². The second-order valence-electron chi connectivity index (χ2n) is 4.75. The van der Waals surface area contributed by atoms with Gasteiger partial charge >= 0.3 is 5.69 Å². The molecule has 2 N–H and O–H groups in total. The maximum Gasteiger partial charge on any atom is 0.311 e. The number of hydrogen-bond donors (Lipinski definition) is 1. The molecule has 2 aromatic rings. The van der Waals surface area contributed by atoms with Gasteiger partial charge in [0.2, 0.25) is 5.75 Å². The van der Waals surface area contributed by atoms with Gasteiger partial charge in [0.25, 0.3) is 0 Å². The minimum atomic E-state index is -0.530. The number of aryl methyl sites for hydroxylation is 1. The first kappa shape index (κ1) is 14.9. The Morgan fingerprint density at radius 2 is 1.95 bits per heavy atom. The molecule has 0 saturated heterocycles. The summed E-state index contributed by atoms with van der Waals surface area (Å²) in [7, 11) is 0. The predicted octanol–water partition coefficient (Wildman–Crippen LogP) is 3.85. The molecule has 0 heterocycles. The molecule has 2 rings (SSSR count). The van der Waals surface area contributed by atoms with Crippen LogP contribution in [0.4, 0.5) is 10.1 Å². The molecule has 0 spiro atoms. The van der Waals surface area contributed by atoms with Gasteiger partial charge in [-0.05, 0) is 37.6 Å². The lowest BCUT2D eigenvalue weighted by molar-refractivity contribution is -0.385. The first-order valence-corrected chi connectivity index (χ1v) is 6.37. The highest BCUT2D eigenvalue weighted by Crippen LogP contribution is 2.35. The highest BCUT2D eigenvalue weighted by Gasteiger charge is 2.18. The van der Waals surface area contributed by atoms with Crippen molar-refractivity contribution in [1.29, 1.82) is 0 Å². The van der Waals surface area contributed by atoms with Gasteiger partial charge in [0.1, 0.15) is 11.6 Å². The summed E-state index contributed by atoms with van der Waals surface area (Å²) in [6, 6.07) is 8.34. The van der Waals surface area contributed by atoms with Gasteiger partial charge in [-0.1, -0.05) is 12.1 Å². The molecule has 0 saturated carbocycles. The van der Waals surface area contributed by atoms with E-state index in [1.54, 1.807) is 26.0 Å². The number of benzene rings is 2. The van der Waals surface area contributed by atoms with Crippen LogP contribution < -0.4 is 10.5 Å². The van der Waals surface area contributed by atoms with Gasteiger partial charge in [-0.15, -0.1) is 0 Å². The molecule has 5 nitrogen and oxygen atoms in total. The van der Waals surface area contributed by atoms with Crippen molar-refractivity contribution in [2.45, 2.75) is 19.9 Å². The molecule has 0 amide bonds. The zero-order valence-electron chi connectivity index (χ0n) is 11.7. The Hall–Kier alpha value is -2.47. The van der Waals surface area contributed by atoms with Crippen LogP contribution in [0.3, 0.4) is 0 Å². The first-order chi connectivity index (χ1) is 9.90. The van der Waals surface area contributed by atoms with Crippen molar-refractivity contribution in [2.24, 2.45) is 5.73 Å². The van der Waals surface area contributed by atoms with E-state index in [0.717, 1.165) is 0 Å². The standard InChI is InChI=1S/C15H15FN2O3/c1-9-7-15(11(10(2)17)8-12(9)16)21-14-6-4-3-5-13(14)18(19)20/h3-8,10H,17H2,1-2H3/t10-/m1/s1. The summed E-state index contributed by atoms with van der Waals surface area (Å²) in [5, 5.41) is 11.0. The van der Waals surface area contributed by atoms with Gasteiger partial charge in [0, 0.05) is 17.7 Å². The van der Waals surface area contributed by atoms with Crippen LogP contribution in [-0.2, 0) is 0 Å². The molecule has 6 heteroatoms. The number of nitro groups is 1. The SMILES string of the molecule is Cc1cc(Oc2ccccc2[N+](=O)[O-])c([C@@H](C)N)cc1F. The van der Waals surface area contributed by atoms with Gasteiger partial charge < -0.3 is 10.5 Å². The van der Waals surface area contributed by atoms with Crippen LogP contribution in [0.1, 0.15) is 24.1 Å². The van der Waals surface area contributed by atoms with Crippen molar-refractivity contribution in [3.63, 3.8) is 0 Å². The van der Waals surface area contributed by atoms with E-state index in [9.17, 15) is 14.5 Å². The summed E-state index contributed by atoms with van der Waals surface area (Å²) >= 11 is 0. The monoisotopic (exact) mass is 290 g/mol. The summed E-state index contributed by atoms with van der Waals surface area (Å²) in [5.74, 6) is 0.0193. The van der Waals surface area contributed by atoms with Crippen molar-refractivity contribution in [2.75, 3.05) is 0 Å². The van der Waals surface area contributed by atoms with Crippen LogP contribution in [0.15, 0.2) is 36.4 Å². The van der Waals surface area contributed by atoms with Crippen LogP contribution in [0.2, 0.25) is 0 Å². The number of ether oxygens (including phenoxy) is 1. The van der Waals surface area contributed by atoms with Crippen LogP contribution in [0, 0.1) is 22.9 Å². The summed E-state index contributed by atoms with van der Waals surface area (Å²) in [6.45, 7) is 3.28. The molecular formula is C15H15FN2O3. The number of nitrogens with two attached hydrogens (primary N) is 1. The van der Waals surface area contributed by atoms with Gasteiger partial charge in [-0.2, -0.15) is 0 Å². The summed E-state index contributed by atoms with van der Waals surface area (Å²) in [4.78, 5) is 10.5. The van der Waals surface area contributed by atoms with E-state index in [2.05, 4.69) is 0 Å². The van der Waals surface area contributed by atoms with Gasteiger partial charge in [-0.25, -0.2) is 4.39 Å². The largest absolute Gasteiger partial charge is 0.450 e. The highest BCUT2D eigenvalue weighted by atomic mass is 19.1. The Kier molecular flexibility index (Phi) is 4.18. The lowest BCUT2D eigenvalue weighted by Gasteiger charge is -2.15. The Bertz CT molecular complexity index is 687. The fourth-order valence-corrected chi connectivity index (χ4v) is 1.93. The molecule has 0 bridgehead atoms. The van der Waals surface area contributed by atoms with Crippen LogP contribution >= 0.6 is 0 Å². The third-order valence-corrected chi connectivity index (χ3v) is 3.06. The fraction of sp³-hybridized carbons (Fsp3) is 0.200. The van der Waals surface area contributed by atoms with Crippen molar-refractivity contribution in [3.05, 3.63) is 63.5 Å². The molecule has 0 radical (unpaired) electrons. The molecule has 0 unspecified atom stereocenters. The molecule has 0 fully saturated rings. The Balaban J connectivity index is 2.49. The zero-order valence-corrected chi connectivity index (χ0v) is 11.7. The molecule has 0 aliphatic rings. The molecule has 2 aromatic carbocycles. The maximum absolute atomic E-state index is 13.6. The minimum Gasteiger partial charge on any atom is -0.450 e. The number of para-hydroxylation sites is 2. The number of nitrogens with zero attached hydrogens (tertiary/aromatic N) is 1. The highest BCUT2D eigenvalue weighted by molar-refractivity contribution is 5.50. The summed E-state index contributed by atoms with van der Waals surface area (Å²) < 4.78 is 19.3. The lowest BCUT2D eigenvalue weighted by atomic mass is 10.0. The summed E-state index contributed by atoms with van der Waals surface area (Å²) in [5.41, 5.74) is 6.48. The molecule has 21 heavy (non-hydrogen) atoms. The van der Waals surface area contributed by atoms with Gasteiger partial charge in [-0.3, -0.25) is 10.1 Å². The molecular weight excluding hydrogens is 275 g/mol. The maximum atomic E-state index is 13.6. The number of nitro benzene ring substituents is 1. The topological polar surface area (TPSA) is 78.4 Å². The minimum absolute atomic E-state index is 0.0930. The lowest BCUT2D eigenvalue weighted by Crippen LogP contribution is -2.08. The number of halogens is 1. The van der Waals surface area contributed by atoms with E-state index < -0.39 is 16.8 Å². The van der Waals surface area contributed by atoms with Crippen molar-refractivity contribution in [3.8, 4) is 11.5 Å².